The number of aromatic amines is 1. The Labute approximate surface area is 147 Å². The lowest BCUT2D eigenvalue weighted by Gasteiger charge is -2.11. The molecule has 0 atom stereocenters. The highest BCUT2D eigenvalue weighted by molar-refractivity contribution is 5.84. The van der Waals surface area contributed by atoms with Crippen molar-refractivity contribution in [2.24, 2.45) is 7.05 Å². The molecule has 2 N–H and O–H groups in total. The summed E-state index contributed by atoms with van der Waals surface area (Å²) < 4.78 is 2.12. The van der Waals surface area contributed by atoms with E-state index in [1.807, 2.05) is 19.2 Å². The third kappa shape index (κ3) is 3.18. The van der Waals surface area contributed by atoms with Crippen LogP contribution in [0.15, 0.2) is 30.5 Å². The topological polar surface area (TPSA) is 62.7 Å². The summed E-state index contributed by atoms with van der Waals surface area (Å²) in [5.74, 6) is 0.0838. The SMILES string of the molecule is Cn1cc(CCC(=O)NCc2n[nH]c3c2CCCC3)c2ccccc21. The van der Waals surface area contributed by atoms with E-state index in [1.54, 1.807) is 0 Å². The quantitative estimate of drug-likeness (QED) is 0.752. The van der Waals surface area contributed by atoms with Crippen molar-refractivity contribution in [2.75, 3.05) is 0 Å². The van der Waals surface area contributed by atoms with Gasteiger partial charge in [-0.25, -0.2) is 0 Å². The largest absolute Gasteiger partial charge is 0.350 e. The summed E-state index contributed by atoms with van der Waals surface area (Å²) >= 11 is 0. The van der Waals surface area contributed by atoms with Crippen LogP contribution in [-0.4, -0.2) is 20.7 Å². The second-order valence-electron chi connectivity index (χ2n) is 6.89. The molecule has 1 amide bonds. The van der Waals surface area contributed by atoms with Gasteiger partial charge in [-0.15, -0.1) is 0 Å². The van der Waals surface area contributed by atoms with Crippen molar-refractivity contribution in [1.29, 1.82) is 0 Å². The summed E-state index contributed by atoms with van der Waals surface area (Å²) in [6.07, 6.45) is 7.99. The molecule has 25 heavy (non-hydrogen) atoms. The zero-order valence-electron chi connectivity index (χ0n) is 14.6. The van der Waals surface area contributed by atoms with Crippen LogP contribution in [0.2, 0.25) is 0 Å². The smallest absolute Gasteiger partial charge is 0.220 e. The van der Waals surface area contributed by atoms with Crippen LogP contribution in [0.25, 0.3) is 10.9 Å². The van der Waals surface area contributed by atoms with Crippen molar-refractivity contribution < 1.29 is 4.79 Å². The highest BCUT2D eigenvalue weighted by atomic mass is 16.1. The number of hydrogen-bond donors (Lipinski definition) is 2. The van der Waals surface area contributed by atoms with E-state index in [4.69, 9.17) is 0 Å². The van der Waals surface area contributed by atoms with Crippen LogP contribution < -0.4 is 5.32 Å². The number of carbonyl (C=O) groups excluding carboxylic acids is 1. The molecule has 4 rings (SSSR count). The van der Waals surface area contributed by atoms with Gasteiger partial charge in [0.05, 0.1) is 12.2 Å². The van der Waals surface area contributed by atoms with Crippen molar-refractivity contribution >= 4 is 16.8 Å². The Morgan fingerprint density at radius 3 is 3.04 bits per heavy atom. The molecule has 5 nitrogen and oxygen atoms in total. The summed E-state index contributed by atoms with van der Waals surface area (Å²) in [4.78, 5) is 12.3. The van der Waals surface area contributed by atoms with E-state index in [1.165, 1.54) is 40.6 Å². The summed E-state index contributed by atoms with van der Waals surface area (Å²) in [6, 6.07) is 8.33. The Bertz CT molecular complexity index is 906. The first kappa shape index (κ1) is 15.9. The first-order valence-corrected chi connectivity index (χ1v) is 9.07. The monoisotopic (exact) mass is 336 g/mol. The van der Waals surface area contributed by atoms with E-state index in [0.717, 1.165) is 25.0 Å². The Hall–Kier alpha value is -2.56. The zero-order chi connectivity index (χ0) is 17.2. The minimum absolute atomic E-state index is 0.0838. The second kappa shape index (κ2) is 6.75. The molecule has 0 fully saturated rings. The average molecular weight is 336 g/mol. The van der Waals surface area contributed by atoms with Gasteiger partial charge in [0.1, 0.15) is 0 Å². The Morgan fingerprint density at radius 1 is 1.28 bits per heavy atom. The zero-order valence-corrected chi connectivity index (χ0v) is 14.6. The number of nitrogens with zero attached hydrogens (tertiary/aromatic N) is 2. The van der Waals surface area contributed by atoms with Crippen LogP contribution in [0.3, 0.4) is 0 Å². The first-order chi connectivity index (χ1) is 12.2. The van der Waals surface area contributed by atoms with Gasteiger partial charge >= 0.3 is 0 Å². The number of fused-ring (bicyclic) bond motifs is 2. The van der Waals surface area contributed by atoms with Crippen molar-refractivity contribution in [3.05, 3.63) is 53.0 Å². The molecule has 0 saturated heterocycles. The maximum atomic E-state index is 12.3. The number of amides is 1. The molecular formula is C20H24N4O. The molecule has 1 aromatic carbocycles. The summed E-state index contributed by atoms with van der Waals surface area (Å²) in [5, 5.41) is 11.8. The molecule has 1 aliphatic carbocycles. The van der Waals surface area contributed by atoms with Crippen LogP contribution >= 0.6 is 0 Å². The fourth-order valence-electron chi connectivity index (χ4n) is 3.84. The maximum Gasteiger partial charge on any atom is 0.220 e. The fourth-order valence-corrected chi connectivity index (χ4v) is 3.84. The Morgan fingerprint density at radius 2 is 2.12 bits per heavy atom. The number of para-hydroxylation sites is 1. The van der Waals surface area contributed by atoms with Gasteiger partial charge in [-0.3, -0.25) is 9.89 Å². The third-order valence-electron chi connectivity index (χ3n) is 5.20. The van der Waals surface area contributed by atoms with Gasteiger partial charge in [0.25, 0.3) is 0 Å². The molecule has 0 bridgehead atoms. The number of H-pyrrole nitrogens is 1. The molecule has 3 aromatic rings. The molecule has 0 saturated carbocycles. The van der Waals surface area contributed by atoms with Gasteiger partial charge in [0.2, 0.25) is 5.91 Å². The molecule has 0 unspecified atom stereocenters. The number of benzene rings is 1. The highest BCUT2D eigenvalue weighted by Crippen LogP contribution is 2.23. The van der Waals surface area contributed by atoms with E-state index >= 15 is 0 Å². The van der Waals surface area contributed by atoms with E-state index in [-0.39, 0.29) is 5.91 Å². The minimum atomic E-state index is 0.0838. The predicted molar refractivity (Wildman–Crippen MR) is 98.3 cm³/mol. The van der Waals surface area contributed by atoms with Crippen LogP contribution in [0.1, 0.15) is 41.8 Å². The minimum Gasteiger partial charge on any atom is -0.350 e. The van der Waals surface area contributed by atoms with Crippen LogP contribution in [0.4, 0.5) is 0 Å². The van der Waals surface area contributed by atoms with Crippen LogP contribution in [0.5, 0.6) is 0 Å². The molecule has 0 radical (unpaired) electrons. The number of rotatable bonds is 5. The third-order valence-corrected chi connectivity index (χ3v) is 5.20. The highest BCUT2D eigenvalue weighted by Gasteiger charge is 2.17. The summed E-state index contributed by atoms with van der Waals surface area (Å²) in [6.45, 7) is 0.528. The maximum absolute atomic E-state index is 12.3. The first-order valence-electron chi connectivity index (χ1n) is 9.07. The fraction of sp³-hybridized carbons (Fsp3) is 0.400. The van der Waals surface area contributed by atoms with E-state index in [0.29, 0.717) is 13.0 Å². The van der Waals surface area contributed by atoms with Crippen LogP contribution in [0, 0.1) is 0 Å². The van der Waals surface area contributed by atoms with Gasteiger partial charge in [0, 0.05) is 36.3 Å². The molecule has 0 aliphatic heterocycles. The second-order valence-corrected chi connectivity index (χ2v) is 6.89. The van der Waals surface area contributed by atoms with Gasteiger partial charge in [0.15, 0.2) is 0 Å². The standard InChI is InChI=1S/C20H24N4O/c1-24-13-14(15-6-3-5-9-19(15)24)10-11-20(25)21-12-18-16-7-2-4-8-17(16)22-23-18/h3,5-6,9,13H,2,4,7-8,10-12H2,1H3,(H,21,25)(H,22,23). The molecular weight excluding hydrogens is 312 g/mol. The summed E-state index contributed by atoms with van der Waals surface area (Å²) in [7, 11) is 2.05. The van der Waals surface area contributed by atoms with Gasteiger partial charge in [-0.05, 0) is 49.3 Å². The average Bonchev–Trinajstić information content (AvgIpc) is 3.20. The lowest BCUT2D eigenvalue weighted by Crippen LogP contribution is -2.24. The van der Waals surface area contributed by atoms with Gasteiger partial charge in [-0.1, -0.05) is 18.2 Å². The van der Waals surface area contributed by atoms with Gasteiger partial charge in [-0.2, -0.15) is 5.10 Å². The molecule has 2 aromatic heterocycles. The number of aromatic nitrogens is 3. The molecule has 1 aliphatic rings. The predicted octanol–water partition coefficient (Wildman–Crippen LogP) is 3.03. The lowest BCUT2D eigenvalue weighted by molar-refractivity contribution is -0.121. The molecule has 0 spiro atoms. The van der Waals surface area contributed by atoms with Crippen molar-refractivity contribution in [1.82, 2.24) is 20.1 Å². The van der Waals surface area contributed by atoms with Crippen LogP contribution in [-0.2, 0) is 37.6 Å². The van der Waals surface area contributed by atoms with Crippen molar-refractivity contribution in [2.45, 2.75) is 45.1 Å². The van der Waals surface area contributed by atoms with E-state index in [9.17, 15) is 4.79 Å². The van der Waals surface area contributed by atoms with Crippen molar-refractivity contribution in [3.8, 4) is 0 Å². The number of nitrogens with one attached hydrogen (secondary N) is 2. The Kier molecular flexibility index (Phi) is 4.30. The number of aryl methyl sites for hydroxylation is 3. The number of hydrogen-bond acceptors (Lipinski definition) is 2. The van der Waals surface area contributed by atoms with E-state index in [2.05, 4.69) is 38.4 Å². The Balaban J connectivity index is 1.35. The normalized spacial score (nSPS) is 13.8. The molecule has 5 heteroatoms. The molecule has 130 valence electrons. The number of carbonyl (C=O) groups is 1. The lowest BCUT2D eigenvalue weighted by atomic mass is 9.96. The molecule has 2 heterocycles. The summed E-state index contributed by atoms with van der Waals surface area (Å²) in [5.41, 5.74) is 6.02. The van der Waals surface area contributed by atoms with Crippen molar-refractivity contribution in [3.63, 3.8) is 0 Å². The van der Waals surface area contributed by atoms with E-state index < -0.39 is 0 Å². The van der Waals surface area contributed by atoms with Gasteiger partial charge < -0.3 is 9.88 Å².